The number of rotatable bonds is 1. The number of nitrogens with one attached hydrogen (secondary N) is 1. The van der Waals surface area contributed by atoms with E-state index in [1.807, 2.05) is 6.92 Å². The van der Waals surface area contributed by atoms with Gasteiger partial charge in [0.05, 0.1) is 5.54 Å². The molecule has 1 aliphatic heterocycles. The standard InChI is InChI=1S/C5H10N2OS2/c1-5(7-4(6)8)2-9-10-3-5/h2-3H2,1H3,(H3,6,7,8). The molecule has 1 rings (SSSR count). The van der Waals surface area contributed by atoms with Crippen molar-refractivity contribution in [1.82, 2.24) is 5.32 Å². The lowest BCUT2D eigenvalue weighted by molar-refractivity contribution is 0.241. The van der Waals surface area contributed by atoms with Crippen molar-refractivity contribution in [2.45, 2.75) is 12.5 Å². The Hall–Kier alpha value is -0.0300. The number of nitrogens with two attached hydrogens (primary N) is 1. The molecule has 0 atom stereocenters. The highest BCUT2D eigenvalue weighted by molar-refractivity contribution is 8.77. The minimum Gasteiger partial charge on any atom is -0.352 e. The molecule has 1 aliphatic rings. The van der Waals surface area contributed by atoms with E-state index < -0.39 is 6.03 Å². The van der Waals surface area contributed by atoms with Gasteiger partial charge in [-0.3, -0.25) is 0 Å². The highest BCUT2D eigenvalue weighted by atomic mass is 33.1. The first-order valence-electron chi connectivity index (χ1n) is 2.94. The molecule has 2 amide bonds. The van der Waals surface area contributed by atoms with Gasteiger partial charge in [-0.2, -0.15) is 0 Å². The van der Waals surface area contributed by atoms with Crippen LogP contribution in [0.15, 0.2) is 0 Å². The summed E-state index contributed by atoms with van der Waals surface area (Å²) in [5, 5.41) is 2.72. The van der Waals surface area contributed by atoms with E-state index in [2.05, 4.69) is 5.32 Å². The Bertz CT molecular complexity index is 145. The Balaban J connectivity index is 2.43. The van der Waals surface area contributed by atoms with E-state index in [4.69, 9.17) is 5.73 Å². The van der Waals surface area contributed by atoms with E-state index >= 15 is 0 Å². The molecule has 3 N–H and O–H groups in total. The number of amides is 2. The maximum absolute atomic E-state index is 10.5. The first-order valence-corrected chi connectivity index (χ1v) is 5.43. The van der Waals surface area contributed by atoms with Gasteiger partial charge in [0.1, 0.15) is 0 Å². The van der Waals surface area contributed by atoms with Crippen LogP contribution < -0.4 is 11.1 Å². The summed E-state index contributed by atoms with van der Waals surface area (Å²) in [6, 6.07) is -0.425. The molecule has 1 fully saturated rings. The molecule has 0 radical (unpaired) electrons. The van der Waals surface area contributed by atoms with Crippen molar-refractivity contribution in [3.05, 3.63) is 0 Å². The van der Waals surface area contributed by atoms with Crippen LogP contribution in [0.1, 0.15) is 6.92 Å². The van der Waals surface area contributed by atoms with Crippen molar-refractivity contribution < 1.29 is 4.79 Å². The molecule has 0 unspecified atom stereocenters. The van der Waals surface area contributed by atoms with E-state index in [1.54, 1.807) is 21.6 Å². The smallest absolute Gasteiger partial charge is 0.312 e. The van der Waals surface area contributed by atoms with Crippen LogP contribution in [0.25, 0.3) is 0 Å². The van der Waals surface area contributed by atoms with Crippen molar-refractivity contribution in [3.8, 4) is 0 Å². The van der Waals surface area contributed by atoms with E-state index in [-0.39, 0.29) is 5.54 Å². The Kier molecular flexibility index (Phi) is 2.36. The van der Waals surface area contributed by atoms with Crippen molar-refractivity contribution in [2.24, 2.45) is 5.73 Å². The van der Waals surface area contributed by atoms with Gasteiger partial charge in [-0.05, 0) is 6.92 Å². The van der Waals surface area contributed by atoms with Gasteiger partial charge in [0.15, 0.2) is 0 Å². The zero-order chi connectivity index (χ0) is 7.61. The van der Waals surface area contributed by atoms with Crippen LogP contribution in [-0.4, -0.2) is 23.1 Å². The molecule has 0 aliphatic carbocycles. The lowest BCUT2D eigenvalue weighted by atomic mass is 10.1. The highest BCUT2D eigenvalue weighted by Gasteiger charge is 2.30. The second-order valence-electron chi connectivity index (χ2n) is 2.57. The van der Waals surface area contributed by atoms with Crippen molar-refractivity contribution in [1.29, 1.82) is 0 Å². The molecule has 5 heteroatoms. The van der Waals surface area contributed by atoms with Crippen molar-refractivity contribution in [2.75, 3.05) is 11.5 Å². The van der Waals surface area contributed by atoms with Gasteiger partial charge in [0.25, 0.3) is 0 Å². The Morgan fingerprint density at radius 1 is 1.60 bits per heavy atom. The molecule has 10 heavy (non-hydrogen) atoms. The number of urea groups is 1. The normalized spacial score (nSPS) is 22.5. The van der Waals surface area contributed by atoms with E-state index in [0.29, 0.717) is 0 Å². The molecule has 1 saturated heterocycles. The fourth-order valence-corrected chi connectivity index (χ4v) is 3.98. The van der Waals surface area contributed by atoms with Gasteiger partial charge >= 0.3 is 6.03 Å². The van der Waals surface area contributed by atoms with Crippen LogP contribution in [0.2, 0.25) is 0 Å². The molecule has 0 bridgehead atoms. The minimum atomic E-state index is -0.425. The second-order valence-corrected chi connectivity index (χ2v) is 5.04. The van der Waals surface area contributed by atoms with Crippen LogP contribution in [0.3, 0.4) is 0 Å². The van der Waals surface area contributed by atoms with Gasteiger partial charge in [-0.15, -0.1) is 0 Å². The molecular weight excluding hydrogens is 168 g/mol. The predicted octanol–water partition coefficient (Wildman–Crippen LogP) is 0.808. The molecule has 0 aromatic heterocycles. The third-order valence-electron chi connectivity index (χ3n) is 1.26. The molecule has 58 valence electrons. The van der Waals surface area contributed by atoms with Crippen LogP contribution in [-0.2, 0) is 0 Å². The van der Waals surface area contributed by atoms with Gasteiger partial charge in [-0.25, -0.2) is 4.79 Å². The van der Waals surface area contributed by atoms with E-state index in [1.165, 1.54) is 0 Å². The number of carbonyl (C=O) groups is 1. The third-order valence-corrected chi connectivity index (χ3v) is 4.15. The second kappa shape index (κ2) is 2.92. The monoisotopic (exact) mass is 178 g/mol. The summed E-state index contributed by atoms with van der Waals surface area (Å²) in [4.78, 5) is 10.5. The molecule has 3 nitrogen and oxygen atoms in total. The summed E-state index contributed by atoms with van der Waals surface area (Å²) in [6.07, 6.45) is 0. The summed E-state index contributed by atoms with van der Waals surface area (Å²) >= 11 is 0. The first kappa shape index (κ1) is 8.07. The molecule has 0 aromatic carbocycles. The maximum atomic E-state index is 10.5. The Labute approximate surface area is 67.9 Å². The largest absolute Gasteiger partial charge is 0.352 e. The minimum absolute atomic E-state index is 0.0822. The fraction of sp³-hybridized carbons (Fsp3) is 0.800. The summed E-state index contributed by atoms with van der Waals surface area (Å²) in [5.74, 6) is 1.89. The topological polar surface area (TPSA) is 55.1 Å². The van der Waals surface area contributed by atoms with Crippen LogP contribution >= 0.6 is 21.6 Å². The first-order chi connectivity index (χ1) is 4.62. The third kappa shape index (κ3) is 1.98. The van der Waals surface area contributed by atoms with Gasteiger partial charge in [0.2, 0.25) is 0 Å². The molecule has 0 aromatic rings. The van der Waals surface area contributed by atoms with Crippen molar-refractivity contribution in [3.63, 3.8) is 0 Å². The Morgan fingerprint density at radius 3 is 2.50 bits per heavy atom. The van der Waals surface area contributed by atoms with Crippen molar-refractivity contribution >= 4 is 27.6 Å². The number of hydrogen-bond acceptors (Lipinski definition) is 3. The Morgan fingerprint density at radius 2 is 2.10 bits per heavy atom. The van der Waals surface area contributed by atoms with Crippen LogP contribution in [0.5, 0.6) is 0 Å². The van der Waals surface area contributed by atoms with Gasteiger partial charge in [0, 0.05) is 11.5 Å². The van der Waals surface area contributed by atoms with Gasteiger partial charge in [-0.1, -0.05) is 21.6 Å². The van der Waals surface area contributed by atoms with E-state index in [0.717, 1.165) is 11.5 Å². The molecular formula is C5H10N2OS2. The van der Waals surface area contributed by atoms with Crippen LogP contribution in [0, 0.1) is 0 Å². The van der Waals surface area contributed by atoms with Crippen LogP contribution in [0.4, 0.5) is 4.79 Å². The summed E-state index contributed by atoms with van der Waals surface area (Å²) < 4.78 is 0. The number of carbonyl (C=O) groups excluding carboxylic acids is 1. The zero-order valence-corrected chi connectivity index (χ0v) is 7.35. The molecule has 0 spiro atoms. The summed E-state index contributed by atoms with van der Waals surface area (Å²) in [5.41, 5.74) is 4.91. The quantitative estimate of drug-likeness (QED) is 0.584. The highest BCUT2D eigenvalue weighted by Crippen LogP contribution is 2.36. The SMILES string of the molecule is CC1(NC(N)=O)CSSC1. The number of hydrogen-bond donors (Lipinski definition) is 2. The fourth-order valence-electron chi connectivity index (χ4n) is 0.755. The maximum Gasteiger partial charge on any atom is 0.312 e. The zero-order valence-electron chi connectivity index (χ0n) is 5.72. The number of primary amides is 1. The average molecular weight is 178 g/mol. The summed E-state index contributed by atoms with van der Waals surface area (Å²) in [6.45, 7) is 2.00. The molecule has 0 saturated carbocycles. The van der Waals surface area contributed by atoms with E-state index in [9.17, 15) is 4.79 Å². The average Bonchev–Trinajstić information content (AvgIpc) is 2.12. The lowest BCUT2D eigenvalue weighted by Gasteiger charge is -2.21. The molecule has 1 heterocycles. The van der Waals surface area contributed by atoms with Gasteiger partial charge < -0.3 is 11.1 Å². The predicted molar refractivity (Wildman–Crippen MR) is 46.0 cm³/mol. The summed E-state index contributed by atoms with van der Waals surface area (Å²) in [7, 11) is 3.54. The lowest BCUT2D eigenvalue weighted by Crippen LogP contribution is -2.50.